The smallest absolute Gasteiger partial charge is 0.355 e. The van der Waals surface area contributed by atoms with E-state index in [0.717, 1.165) is 34.2 Å². The number of carbonyl (C=O) groups excluding carboxylic acids is 3. The second-order valence-electron chi connectivity index (χ2n) is 34.4. The number of amides is 4. The number of allylic oxidation sites excluding steroid dienone is 2. The lowest BCUT2D eigenvalue weighted by atomic mass is 9.82. The number of hydrogen-bond acceptors (Lipinski definition) is 40. The first-order chi connectivity index (χ1) is 73.0. The van der Waals surface area contributed by atoms with Gasteiger partial charge in [-0.05, 0) is 126 Å². The molecule has 4 amide bonds. The van der Waals surface area contributed by atoms with E-state index in [4.69, 9.17) is 140 Å². The average molecular weight is 2150 g/mol. The van der Waals surface area contributed by atoms with Gasteiger partial charge in [-0.2, -0.15) is 0 Å². The van der Waals surface area contributed by atoms with Gasteiger partial charge in [0.1, 0.15) is 11.6 Å². The Kier molecular flexibility index (Phi) is 71.9. The average Bonchev–Trinajstić information content (AvgIpc) is 1.65. The SMILES string of the molecule is COCCOCCOCCOCCOCCOCCOCCOCCOCCOCCOCCOCCOCCOCCOCCOCCOCCOCCOCCOCCOCCOCCOCCOCCOCCCc1c(CC2(OCCCc3sc(N4CCCc5c4nnc(Nc4nc6ccccc6s4)c5C)nc3C(=O)O)C=CC(C#CCN(C)C)=CC2F)cccc1NC(=O)[C@H](CCCNC(N)=O)NC(=O)[C@@H](N)C(C)C. The molecular weight excluding hydrogens is 1980 g/mol. The molecule has 1 aliphatic carbocycles. The molecule has 0 bridgehead atoms. The lowest BCUT2D eigenvalue weighted by Gasteiger charge is -2.36. The third-order valence-electron chi connectivity index (χ3n) is 22.2. The lowest BCUT2D eigenvalue weighted by Crippen LogP contribution is -2.51. The molecule has 1 aliphatic heterocycles. The number of nitrogens with zero attached hydrogens (tertiary/aromatic N) is 6. The highest BCUT2D eigenvalue weighted by atomic mass is 32.1. The molecule has 0 spiro atoms. The van der Waals surface area contributed by atoms with Crippen molar-refractivity contribution in [3.05, 3.63) is 99.1 Å². The van der Waals surface area contributed by atoms with Crippen LogP contribution in [-0.2, 0) is 158 Å². The van der Waals surface area contributed by atoms with Crippen LogP contribution >= 0.6 is 22.7 Å². The number of nitrogens with one attached hydrogen (secondary N) is 4. The molecular formula is C103H165FN12O31S2. The summed E-state index contributed by atoms with van der Waals surface area (Å²) in [5.41, 5.74) is 14.9. The molecule has 149 heavy (non-hydrogen) atoms. The van der Waals surface area contributed by atoms with Crippen molar-refractivity contribution in [3.8, 4) is 11.8 Å². The van der Waals surface area contributed by atoms with Crippen LogP contribution < -0.4 is 37.6 Å². The quantitative estimate of drug-likeness (QED) is 0.0146. The van der Waals surface area contributed by atoms with Gasteiger partial charge in [0.2, 0.25) is 11.8 Å². The number of aromatic nitrogens is 4. The summed E-state index contributed by atoms with van der Waals surface area (Å²) in [5, 5.41) is 32.8. The molecule has 5 aromatic rings. The number of carbonyl (C=O) groups is 4. The molecule has 0 saturated carbocycles. The summed E-state index contributed by atoms with van der Waals surface area (Å²) in [7, 11) is 5.42. The zero-order chi connectivity index (χ0) is 106. The Hall–Kier alpha value is -7.83. The minimum absolute atomic E-state index is 0.00412. The molecule has 2 aliphatic rings. The van der Waals surface area contributed by atoms with Gasteiger partial charge in [-0.3, -0.25) is 14.5 Å². The van der Waals surface area contributed by atoms with Gasteiger partial charge in [-0.25, -0.2) is 23.9 Å². The molecule has 4 atom stereocenters. The molecule has 3 aromatic heterocycles. The van der Waals surface area contributed by atoms with Crippen LogP contribution in [-0.4, -0.2) is 449 Å². The van der Waals surface area contributed by atoms with Crippen LogP contribution in [0.1, 0.15) is 83.6 Å². The molecule has 46 heteroatoms. The Morgan fingerprint density at radius 3 is 1.38 bits per heavy atom. The van der Waals surface area contributed by atoms with E-state index < -0.39 is 47.7 Å². The van der Waals surface area contributed by atoms with Crippen molar-refractivity contribution in [2.24, 2.45) is 17.4 Å². The number of ether oxygens (including phenoxy) is 26. The topological polar surface area (TPSA) is 487 Å². The number of benzene rings is 2. The number of anilines is 5. The highest BCUT2D eigenvalue weighted by Crippen LogP contribution is 2.41. The van der Waals surface area contributed by atoms with Gasteiger partial charge in [0.25, 0.3) is 0 Å². The molecule has 0 fully saturated rings. The van der Waals surface area contributed by atoms with E-state index in [-0.39, 0.29) is 57.1 Å². The third-order valence-corrected chi connectivity index (χ3v) is 24.3. The molecule has 9 N–H and O–H groups in total. The second kappa shape index (κ2) is 83.6. The standard InChI is InChI=1S/C103H165FN12O31S2/c1-81(2)93(105)98(118)109-89(21-10-26-107-100(106)121)97(117)108-87-20-9-16-84(80-103(25-24-83(79-92(103)104)15-11-27-115(4)5)147-30-14-23-91-94(99(119)120)111-102(149-91)116-28-12-17-85-82(3)95(113-114-96(85)116)112-101-110-88-19-7-8-22-90(88)148-101)86(87)18-13-29-123-33-34-125-37-38-127-41-42-129-45-46-131-49-50-133-53-54-135-57-58-137-61-62-139-65-66-141-69-70-143-73-74-145-77-78-146-76-75-144-72-71-142-68-67-140-64-63-138-60-59-136-56-55-134-52-51-132-48-47-130-44-43-128-40-39-126-36-35-124-32-31-122-6/h7-9,16,19-20,22,24-25,79,81,89,92-93H,10,12-14,17-18,21,23,26-78,80,105H2,1-6H3,(H,108,117)(H,109,118)(H,119,120)(H3,106,107,121)(H,110,112,113)/t89-,92?,93-,103?/m0/s1. The minimum Gasteiger partial charge on any atom is -0.476 e. The third kappa shape index (κ3) is 57.8. The van der Waals surface area contributed by atoms with E-state index in [1.807, 2.05) is 61.2 Å². The van der Waals surface area contributed by atoms with E-state index in [0.29, 0.717) is 399 Å². The number of thiazole rings is 2. The monoisotopic (exact) mass is 2150 g/mol. The van der Waals surface area contributed by atoms with Crippen molar-refractivity contribution in [2.45, 2.75) is 102 Å². The number of primary amides is 1. The van der Waals surface area contributed by atoms with E-state index in [1.165, 1.54) is 28.7 Å². The van der Waals surface area contributed by atoms with Gasteiger partial charge in [-0.15, -0.1) is 21.5 Å². The summed E-state index contributed by atoms with van der Waals surface area (Å²) in [6.07, 6.45) is 6.41. The summed E-state index contributed by atoms with van der Waals surface area (Å²) in [4.78, 5) is 66.4. The van der Waals surface area contributed by atoms with Crippen molar-refractivity contribution in [1.29, 1.82) is 0 Å². The van der Waals surface area contributed by atoms with Crippen molar-refractivity contribution < 1.29 is 152 Å². The molecule has 842 valence electrons. The Balaban J connectivity index is 0.654. The number of aromatic carboxylic acids is 1. The van der Waals surface area contributed by atoms with Gasteiger partial charge in [0.05, 0.1) is 340 Å². The van der Waals surface area contributed by atoms with E-state index in [2.05, 4.69) is 48.3 Å². The van der Waals surface area contributed by atoms with Gasteiger partial charge < -0.3 is 166 Å². The molecule has 43 nitrogen and oxygen atoms in total. The normalized spacial score (nSPS) is 14.5. The highest BCUT2D eigenvalue weighted by Gasteiger charge is 2.41. The van der Waals surface area contributed by atoms with Gasteiger partial charge in [-0.1, -0.05) is 61.3 Å². The van der Waals surface area contributed by atoms with E-state index >= 15 is 4.39 Å². The number of alkyl halides is 1. The zero-order valence-electron chi connectivity index (χ0n) is 88.2. The maximum atomic E-state index is 17.6. The molecule has 2 unspecified atom stereocenters. The van der Waals surface area contributed by atoms with E-state index in [9.17, 15) is 24.3 Å². The first kappa shape index (κ1) is 128. The van der Waals surface area contributed by atoms with Crippen LogP contribution in [0.5, 0.6) is 0 Å². The predicted molar refractivity (Wildman–Crippen MR) is 560 cm³/mol. The number of carboxylic acid groups (broad SMARTS) is 1. The number of para-hydroxylation sites is 1. The molecule has 7 rings (SSSR count). The number of urea groups is 1. The van der Waals surface area contributed by atoms with Crippen molar-refractivity contribution in [2.75, 3.05) is 387 Å². The number of halogens is 1. The number of aryl methyl sites for hydroxylation is 1. The summed E-state index contributed by atoms with van der Waals surface area (Å²) >= 11 is 2.78. The molecule has 0 saturated heterocycles. The number of methoxy groups -OCH3 is 1. The molecule has 0 radical (unpaired) electrons. The van der Waals surface area contributed by atoms with Gasteiger partial charge in [0.15, 0.2) is 33.8 Å². The first-order valence-corrected chi connectivity index (χ1v) is 53.3. The lowest BCUT2D eigenvalue weighted by molar-refractivity contribution is -0.128. The van der Waals surface area contributed by atoms with Crippen LogP contribution in [0.4, 0.5) is 36.8 Å². The van der Waals surface area contributed by atoms with Crippen LogP contribution in [0.2, 0.25) is 0 Å². The second-order valence-corrected chi connectivity index (χ2v) is 36.5. The fourth-order valence-corrected chi connectivity index (χ4v) is 16.3. The maximum absolute atomic E-state index is 17.6. The maximum Gasteiger partial charge on any atom is 0.355 e. The van der Waals surface area contributed by atoms with Crippen LogP contribution in [0, 0.1) is 24.7 Å². The van der Waals surface area contributed by atoms with Crippen molar-refractivity contribution in [1.82, 2.24) is 35.7 Å². The van der Waals surface area contributed by atoms with Crippen molar-refractivity contribution in [3.63, 3.8) is 0 Å². The van der Waals surface area contributed by atoms with Crippen LogP contribution in [0.25, 0.3) is 10.2 Å². The predicted octanol–water partition coefficient (Wildman–Crippen LogP) is 7.54. The summed E-state index contributed by atoms with van der Waals surface area (Å²) in [5.74, 6) is 4.88. The Morgan fingerprint density at radius 1 is 0.537 bits per heavy atom. The molecule has 2 aromatic carbocycles. The Bertz CT molecular complexity index is 4440. The minimum atomic E-state index is -1.73. The summed E-state index contributed by atoms with van der Waals surface area (Å²) in [6, 6.07) is 10.5. The number of fused-ring (bicyclic) bond motifs is 2. The highest BCUT2D eigenvalue weighted by molar-refractivity contribution is 7.22. The number of hydrogen-bond donors (Lipinski definition) is 7. The zero-order valence-corrected chi connectivity index (χ0v) is 89.8. The Labute approximate surface area is 884 Å². The number of rotatable bonds is 97. The molecule has 4 heterocycles. The fraction of sp³-hybridized carbons (Fsp3) is 0.709. The van der Waals surface area contributed by atoms with Crippen molar-refractivity contribution >= 4 is 84.3 Å². The van der Waals surface area contributed by atoms with Gasteiger partial charge >= 0.3 is 12.0 Å². The number of nitrogens with two attached hydrogens (primary N) is 2. The van der Waals surface area contributed by atoms with Gasteiger partial charge in [0, 0.05) is 67.1 Å². The number of carboxylic acids is 1. The summed E-state index contributed by atoms with van der Waals surface area (Å²) < 4.78 is 164. The summed E-state index contributed by atoms with van der Waals surface area (Å²) in [6.45, 7) is 28.8. The fourth-order valence-electron chi connectivity index (χ4n) is 14.3. The largest absolute Gasteiger partial charge is 0.476 e. The Morgan fingerprint density at radius 2 is 0.966 bits per heavy atom. The first-order valence-electron chi connectivity index (χ1n) is 51.6. The van der Waals surface area contributed by atoms with Crippen LogP contribution in [0.15, 0.2) is 66.3 Å². The van der Waals surface area contributed by atoms with E-state index in [1.54, 1.807) is 45.2 Å². The van der Waals surface area contributed by atoms with Crippen LogP contribution in [0.3, 0.4) is 0 Å².